The Hall–Kier alpha value is -2.55. The molecule has 0 aliphatic rings. The molecule has 0 aliphatic heterocycles. The molecule has 106 valence electrons. The van der Waals surface area contributed by atoms with Gasteiger partial charge in [-0.15, -0.1) is 0 Å². The molecule has 1 N–H and O–H groups in total. The molecular weight excluding hydrogens is 338 g/mol. The van der Waals surface area contributed by atoms with Crippen molar-refractivity contribution in [2.75, 3.05) is 12.4 Å². The molecule has 0 amide bonds. The van der Waals surface area contributed by atoms with E-state index < -0.39 is 0 Å². The Morgan fingerprint density at radius 2 is 2.14 bits per heavy atom. The van der Waals surface area contributed by atoms with Crippen molar-refractivity contribution in [2.24, 2.45) is 0 Å². The third kappa shape index (κ3) is 3.14. The average molecular weight is 348 g/mol. The van der Waals surface area contributed by atoms with Crippen molar-refractivity contribution >= 4 is 21.9 Å². The molecule has 0 aliphatic carbocycles. The van der Waals surface area contributed by atoms with Crippen LogP contribution in [-0.2, 0) is 0 Å². The molecule has 21 heavy (non-hydrogen) atoms. The topological polar surface area (TPSA) is 90.6 Å². The lowest BCUT2D eigenvalue weighted by molar-refractivity contribution is 0.438. The van der Waals surface area contributed by atoms with Crippen LogP contribution < -0.4 is 10.1 Å². The Balaban J connectivity index is 1.96. The van der Waals surface area contributed by atoms with E-state index in [4.69, 9.17) is 4.74 Å². The van der Waals surface area contributed by atoms with Crippen molar-refractivity contribution in [3.8, 4) is 17.7 Å². The van der Waals surface area contributed by atoms with Gasteiger partial charge in [0.1, 0.15) is 18.4 Å². The summed E-state index contributed by atoms with van der Waals surface area (Å²) in [5, 5.41) is 6.84. The van der Waals surface area contributed by atoms with E-state index in [1.54, 1.807) is 7.05 Å². The summed E-state index contributed by atoms with van der Waals surface area (Å²) >= 11 is 3.38. The summed E-state index contributed by atoms with van der Waals surface area (Å²) in [7, 11) is 1.71. The van der Waals surface area contributed by atoms with Crippen LogP contribution in [0.15, 0.2) is 41.4 Å². The van der Waals surface area contributed by atoms with Crippen LogP contribution in [-0.4, -0.2) is 36.8 Å². The lowest BCUT2D eigenvalue weighted by Gasteiger charge is -2.07. The number of ether oxygens (including phenoxy) is 1. The van der Waals surface area contributed by atoms with Crippen LogP contribution in [0.2, 0.25) is 0 Å². The number of anilines is 1. The SMILES string of the molecule is CNc1nc(Oc2cccc(Br)c2)nc(-n2cncn2)n1. The number of nitrogens with one attached hydrogen (secondary N) is 1. The number of rotatable bonds is 4. The second-order valence-corrected chi connectivity index (χ2v) is 4.81. The monoisotopic (exact) mass is 347 g/mol. The highest BCUT2D eigenvalue weighted by Crippen LogP contribution is 2.22. The zero-order valence-electron chi connectivity index (χ0n) is 10.9. The van der Waals surface area contributed by atoms with E-state index in [9.17, 15) is 0 Å². The lowest BCUT2D eigenvalue weighted by Crippen LogP contribution is -2.08. The summed E-state index contributed by atoms with van der Waals surface area (Å²) in [4.78, 5) is 16.4. The fourth-order valence-electron chi connectivity index (χ4n) is 1.55. The van der Waals surface area contributed by atoms with Gasteiger partial charge < -0.3 is 10.1 Å². The van der Waals surface area contributed by atoms with Crippen molar-refractivity contribution in [3.05, 3.63) is 41.4 Å². The van der Waals surface area contributed by atoms with Gasteiger partial charge in [0, 0.05) is 11.5 Å². The summed E-state index contributed by atoms with van der Waals surface area (Å²) in [6.45, 7) is 0. The van der Waals surface area contributed by atoms with E-state index in [0.717, 1.165) is 4.47 Å². The van der Waals surface area contributed by atoms with E-state index in [1.807, 2.05) is 24.3 Å². The van der Waals surface area contributed by atoms with Crippen LogP contribution in [0.3, 0.4) is 0 Å². The zero-order chi connectivity index (χ0) is 14.7. The summed E-state index contributed by atoms with van der Waals surface area (Å²) in [6.07, 6.45) is 2.90. The molecule has 8 nitrogen and oxygen atoms in total. The van der Waals surface area contributed by atoms with Gasteiger partial charge >= 0.3 is 6.01 Å². The Morgan fingerprint density at radius 1 is 1.24 bits per heavy atom. The van der Waals surface area contributed by atoms with Gasteiger partial charge in [-0.2, -0.15) is 24.7 Å². The van der Waals surface area contributed by atoms with E-state index in [0.29, 0.717) is 17.6 Å². The maximum atomic E-state index is 5.65. The van der Waals surface area contributed by atoms with Gasteiger partial charge in [0.15, 0.2) is 0 Å². The van der Waals surface area contributed by atoms with E-state index in [-0.39, 0.29) is 6.01 Å². The molecule has 0 fully saturated rings. The van der Waals surface area contributed by atoms with Crippen LogP contribution >= 0.6 is 15.9 Å². The molecule has 0 bridgehead atoms. The molecule has 0 atom stereocenters. The molecule has 0 spiro atoms. The highest BCUT2D eigenvalue weighted by molar-refractivity contribution is 9.10. The van der Waals surface area contributed by atoms with E-state index in [2.05, 4.69) is 46.3 Å². The highest BCUT2D eigenvalue weighted by Gasteiger charge is 2.10. The fraction of sp³-hybridized carbons (Fsp3) is 0.0833. The molecular formula is C12H10BrN7O. The van der Waals surface area contributed by atoms with Crippen molar-refractivity contribution < 1.29 is 4.74 Å². The highest BCUT2D eigenvalue weighted by atomic mass is 79.9. The van der Waals surface area contributed by atoms with E-state index in [1.165, 1.54) is 17.3 Å². The van der Waals surface area contributed by atoms with Crippen LogP contribution in [0.4, 0.5) is 5.95 Å². The summed E-state index contributed by atoms with van der Waals surface area (Å²) in [5.41, 5.74) is 0. The standard InChI is InChI=1S/C12H10BrN7O/c1-14-10-17-11(20-7-15-6-16-20)19-12(18-10)21-9-4-2-3-8(13)5-9/h2-7H,1H3,(H,14,17,18,19). The molecule has 9 heteroatoms. The number of halogens is 1. The molecule has 2 heterocycles. The van der Waals surface area contributed by atoms with Crippen molar-refractivity contribution in [3.63, 3.8) is 0 Å². The summed E-state index contributed by atoms with van der Waals surface area (Å²) < 4.78 is 7.98. The predicted octanol–water partition coefficient (Wildman–Crippen LogP) is 2.05. The zero-order valence-corrected chi connectivity index (χ0v) is 12.5. The minimum Gasteiger partial charge on any atom is -0.424 e. The first-order valence-electron chi connectivity index (χ1n) is 5.97. The first kappa shape index (κ1) is 13.4. The average Bonchev–Trinajstić information content (AvgIpc) is 3.01. The van der Waals surface area contributed by atoms with Crippen LogP contribution in [0.25, 0.3) is 5.95 Å². The van der Waals surface area contributed by atoms with E-state index >= 15 is 0 Å². The summed E-state index contributed by atoms with van der Waals surface area (Å²) in [5.74, 6) is 1.31. The minimum absolute atomic E-state index is 0.165. The number of benzene rings is 1. The minimum atomic E-state index is 0.165. The maximum absolute atomic E-state index is 5.65. The van der Waals surface area contributed by atoms with Gasteiger partial charge in [-0.3, -0.25) is 0 Å². The van der Waals surface area contributed by atoms with Gasteiger partial charge in [-0.1, -0.05) is 22.0 Å². The maximum Gasteiger partial charge on any atom is 0.328 e. The summed E-state index contributed by atoms with van der Waals surface area (Å²) in [6, 6.07) is 7.55. The van der Waals surface area contributed by atoms with Crippen LogP contribution in [0, 0.1) is 0 Å². The number of hydrogen-bond acceptors (Lipinski definition) is 7. The molecule has 3 aromatic rings. The molecule has 0 unspecified atom stereocenters. The molecule has 0 radical (unpaired) electrons. The lowest BCUT2D eigenvalue weighted by atomic mass is 10.3. The van der Waals surface area contributed by atoms with Gasteiger partial charge in [0.05, 0.1) is 0 Å². The Labute approximate surface area is 128 Å². The Bertz CT molecular complexity index is 747. The first-order valence-corrected chi connectivity index (χ1v) is 6.76. The quantitative estimate of drug-likeness (QED) is 0.772. The largest absolute Gasteiger partial charge is 0.424 e. The third-order valence-corrected chi connectivity index (χ3v) is 2.95. The van der Waals surface area contributed by atoms with Crippen molar-refractivity contribution in [1.29, 1.82) is 0 Å². The molecule has 0 saturated carbocycles. The molecule has 3 rings (SSSR count). The van der Waals surface area contributed by atoms with Crippen molar-refractivity contribution in [2.45, 2.75) is 0 Å². The molecule has 0 saturated heterocycles. The van der Waals surface area contributed by atoms with Gasteiger partial charge in [-0.25, -0.2) is 4.98 Å². The van der Waals surface area contributed by atoms with Gasteiger partial charge in [0.25, 0.3) is 5.95 Å². The number of nitrogens with zero attached hydrogens (tertiary/aromatic N) is 6. The molecule has 1 aromatic carbocycles. The predicted molar refractivity (Wildman–Crippen MR) is 78.5 cm³/mol. The van der Waals surface area contributed by atoms with Gasteiger partial charge in [0.2, 0.25) is 5.95 Å². The number of hydrogen-bond donors (Lipinski definition) is 1. The fourth-order valence-corrected chi connectivity index (χ4v) is 1.93. The second-order valence-electron chi connectivity index (χ2n) is 3.89. The normalized spacial score (nSPS) is 10.4. The van der Waals surface area contributed by atoms with Crippen molar-refractivity contribution in [1.82, 2.24) is 29.7 Å². The Morgan fingerprint density at radius 3 is 2.86 bits per heavy atom. The Kier molecular flexibility index (Phi) is 3.73. The molecule has 2 aromatic heterocycles. The smallest absolute Gasteiger partial charge is 0.328 e. The second kappa shape index (κ2) is 5.83. The number of aromatic nitrogens is 6. The first-order chi connectivity index (χ1) is 10.2. The van der Waals surface area contributed by atoms with Crippen LogP contribution in [0.5, 0.6) is 11.8 Å². The third-order valence-electron chi connectivity index (χ3n) is 2.46. The van der Waals surface area contributed by atoms with Crippen LogP contribution in [0.1, 0.15) is 0 Å². The van der Waals surface area contributed by atoms with Gasteiger partial charge in [-0.05, 0) is 18.2 Å².